The summed E-state index contributed by atoms with van der Waals surface area (Å²) < 4.78 is 10.9. The number of carbonyl (C=O) groups is 2. The highest BCUT2D eigenvalue weighted by Gasteiger charge is 2.26. The van der Waals surface area contributed by atoms with Gasteiger partial charge >= 0.3 is 0 Å². The third-order valence-electron chi connectivity index (χ3n) is 4.68. The Morgan fingerprint density at radius 3 is 2.68 bits per heavy atom. The summed E-state index contributed by atoms with van der Waals surface area (Å²) in [5.74, 6) is 0.726. The molecule has 0 fully saturated rings. The number of amides is 2. The lowest BCUT2D eigenvalue weighted by Gasteiger charge is -2.24. The summed E-state index contributed by atoms with van der Waals surface area (Å²) in [5, 5.41) is 5.68. The zero-order valence-corrected chi connectivity index (χ0v) is 15.2. The highest BCUT2D eigenvalue weighted by atomic mass is 16.5. The van der Waals surface area contributed by atoms with Crippen molar-refractivity contribution in [3.8, 4) is 5.75 Å². The van der Waals surface area contributed by atoms with Crippen molar-refractivity contribution in [1.29, 1.82) is 0 Å². The molecule has 28 heavy (non-hydrogen) atoms. The maximum atomic E-state index is 12.8. The molecule has 142 valence electrons. The monoisotopic (exact) mass is 376 g/mol. The second-order valence-electron chi connectivity index (χ2n) is 6.62. The average Bonchev–Trinajstić information content (AvgIpc) is 3.25. The fraction of sp³-hybridized carbons (Fsp3) is 0.182. The first-order valence-electron chi connectivity index (χ1n) is 9.12. The normalized spacial score (nSPS) is 15.2. The van der Waals surface area contributed by atoms with Crippen molar-refractivity contribution in [3.63, 3.8) is 0 Å². The van der Waals surface area contributed by atoms with Crippen LogP contribution in [0.2, 0.25) is 0 Å². The number of anilines is 1. The van der Waals surface area contributed by atoms with Gasteiger partial charge in [0.2, 0.25) is 5.91 Å². The van der Waals surface area contributed by atoms with Gasteiger partial charge in [0.15, 0.2) is 0 Å². The van der Waals surface area contributed by atoms with Crippen molar-refractivity contribution >= 4 is 17.5 Å². The number of ether oxygens (including phenoxy) is 1. The van der Waals surface area contributed by atoms with Crippen molar-refractivity contribution in [1.82, 2.24) is 5.32 Å². The number of rotatable bonds is 5. The van der Waals surface area contributed by atoms with Gasteiger partial charge in [-0.3, -0.25) is 9.59 Å². The zero-order chi connectivity index (χ0) is 19.3. The summed E-state index contributed by atoms with van der Waals surface area (Å²) in [6.45, 7) is 0.594. The Balaban J connectivity index is 1.43. The molecule has 2 heterocycles. The van der Waals surface area contributed by atoms with Crippen LogP contribution in [0.4, 0.5) is 5.69 Å². The SMILES string of the molecule is O=C(NCc1ccco1)c1ccccc1NC(=O)C1COc2ccccc2C1. The van der Waals surface area contributed by atoms with Crippen LogP contribution < -0.4 is 15.4 Å². The number of fused-ring (bicyclic) bond motifs is 1. The third-order valence-corrected chi connectivity index (χ3v) is 4.68. The Bertz CT molecular complexity index is 982. The van der Waals surface area contributed by atoms with Crippen LogP contribution in [0, 0.1) is 5.92 Å². The molecular weight excluding hydrogens is 356 g/mol. The maximum absolute atomic E-state index is 12.8. The number of benzene rings is 2. The van der Waals surface area contributed by atoms with Crippen LogP contribution in [0.1, 0.15) is 21.7 Å². The summed E-state index contributed by atoms with van der Waals surface area (Å²) in [6, 6.07) is 18.2. The van der Waals surface area contributed by atoms with E-state index in [0.29, 0.717) is 30.0 Å². The molecule has 2 amide bonds. The molecule has 0 saturated carbocycles. The first kappa shape index (κ1) is 17.9. The number of furan rings is 1. The van der Waals surface area contributed by atoms with Gasteiger partial charge in [0.05, 0.1) is 30.0 Å². The Morgan fingerprint density at radius 2 is 1.82 bits per heavy atom. The van der Waals surface area contributed by atoms with E-state index in [4.69, 9.17) is 9.15 Å². The lowest BCUT2D eigenvalue weighted by atomic mass is 9.96. The van der Waals surface area contributed by atoms with Gasteiger partial charge in [0, 0.05) is 0 Å². The molecular formula is C22H20N2O4. The molecule has 1 atom stereocenters. The average molecular weight is 376 g/mol. The first-order valence-corrected chi connectivity index (χ1v) is 9.12. The minimum absolute atomic E-state index is 0.166. The van der Waals surface area contributed by atoms with E-state index in [1.807, 2.05) is 24.3 Å². The molecule has 0 bridgehead atoms. The maximum Gasteiger partial charge on any atom is 0.253 e. The Morgan fingerprint density at radius 1 is 1.00 bits per heavy atom. The minimum Gasteiger partial charge on any atom is -0.492 e. The van der Waals surface area contributed by atoms with Crippen molar-refractivity contribution in [2.24, 2.45) is 5.92 Å². The summed E-state index contributed by atoms with van der Waals surface area (Å²) in [7, 11) is 0. The van der Waals surface area contributed by atoms with E-state index < -0.39 is 0 Å². The molecule has 1 aliphatic heterocycles. The third kappa shape index (κ3) is 3.91. The smallest absolute Gasteiger partial charge is 0.253 e. The number of para-hydroxylation sites is 2. The van der Waals surface area contributed by atoms with Crippen LogP contribution in [0.5, 0.6) is 5.75 Å². The second kappa shape index (κ2) is 8.00. The fourth-order valence-electron chi connectivity index (χ4n) is 3.20. The number of hydrogen-bond donors (Lipinski definition) is 2. The van der Waals surface area contributed by atoms with Crippen LogP contribution >= 0.6 is 0 Å². The highest BCUT2D eigenvalue weighted by molar-refractivity contribution is 6.04. The number of carbonyl (C=O) groups excluding carboxylic acids is 2. The molecule has 0 saturated heterocycles. The largest absolute Gasteiger partial charge is 0.492 e. The number of nitrogens with one attached hydrogen (secondary N) is 2. The molecule has 4 rings (SSSR count). The molecule has 0 aliphatic carbocycles. The second-order valence-corrected chi connectivity index (χ2v) is 6.62. The summed E-state index contributed by atoms with van der Waals surface area (Å²) in [6.07, 6.45) is 2.16. The Kier molecular flexibility index (Phi) is 5.10. The van der Waals surface area contributed by atoms with Crippen LogP contribution in [0.25, 0.3) is 0 Å². The van der Waals surface area contributed by atoms with Gasteiger partial charge in [0.1, 0.15) is 18.1 Å². The van der Waals surface area contributed by atoms with Gasteiger partial charge in [0.25, 0.3) is 5.91 Å². The van der Waals surface area contributed by atoms with E-state index in [1.54, 1.807) is 42.7 Å². The Hall–Kier alpha value is -3.54. The highest BCUT2D eigenvalue weighted by Crippen LogP contribution is 2.27. The van der Waals surface area contributed by atoms with Gasteiger partial charge < -0.3 is 19.8 Å². The van der Waals surface area contributed by atoms with Crippen LogP contribution in [0.15, 0.2) is 71.3 Å². The van der Waals surface area contributed by atoms with E-state index in [1.165, 1.54) is 0 Å². The predicted molar refractivity (Wildman–Crippen MR) is 104 cm³/mol. The van der Waals surface area contributed by atoms with E-state index in [-0.39, 0.29) is 24.3 Å². The van der Waals surface area contributed by atoms with Gasteiger partial charge in [-0.05, 0) is 42.3 Å². The molecule has 0 radical (unpaired) electrons. The summed E-state index contributed by atoms with van der Waals surface area (Å²) >= 11 is 0. The zero-order valence-electron chi connectivity index (χ0n) is 15.2. The summed E-state index contributed by atoms with van der Waals surface area (Å²) in [5.41, 5.74) is 1.89. The van der Waals surface area contributed by atoms with Crippen LogP contribution in [-0.4, -0.2) is 18.4 Å². The molecule has 2 aromatic carbocycles. The predicted octanol–water partition coefficient (Wildman–Crippen LogP) is 3.40. The van der Waals surface area contributed by atoms with Crippen molar-refractivity contribution in [2.45, 2.75) is 13.0 Å². The molecule has 3 aromatic rings. The van der Waals surface area contributed by atoms with Gasteiger partial charge in [-0.2, -0.15) is 0 Å². The quantitative estimate of drug-likeness (QED) is 0.715. The molecule has 1 unspecified atom stereocenters. The lowest BCUT2D eigenvalue weighted by molar-refractivity contribution is -0.121. The van der Waals surface area contributed by atoms with E-state index >= 15 is 0 Å². The molecule has 6 heteroatoms. The first-order chi connectivity index (χ1) is 13.7. The van der Waals surface area contributed by atoms with Gasteiger partial charge in [-0.25, -0.2) is 0 Å². The summed E-state index contributed by atoms with van der Waals surface area (Å²) in [4.78, 5) is 25.3. The van der Waals surface area contributed by atoms with E-state index in [2.05, 4.69) is 10.6 Å². The standard InChI is InChI=1S/C22H20N2O4/c25-21(16-12-15-6-1-4-10-20(15)28-14-16)24-19-9-3-2-8-18(19)22(26)23-13-17-7-5-11-27-17/h1-11,16H,12-14H2,(H,23,26)(H,24,25). The lowest BCUT2D eigenvalue weighted by Crippen LogP contribution is -2.33. The van der Waals surface area contributed by atoms with Crippen molar-refractivity contribution in [2.75, 3.05) is 11.9 Å². The Labute approximate surface area is 162 Å². The molecule has 6 nitrogen and oxygen atoms in total. The van der Waals surface area contributed by atoms with E-state index in [0.717, 1.165) is 11.3 Å². The fourth-order valence-corrected chi connectivity index (χ4v) is 3.20. The van der Waals surface area contributed by atoms with Crippen LogP contribution in [-0.2, 0) is 17.8 Å². The van der Waals surface area contributed by atoms with Gasteiger partial charge in [-0.1, -0.05) is 30.3 Å². The molecule has 0 spiro atoms. The molecule has 2 N–H and O–H groups in total. The topological polar surface area (TPSA) is 80.6 Å². The van der Waals surface area contributed by atoms with Crippen molar-refractivity contribution in [3.05, 3.63) is 83.8 Å². The van der Waals surface area contributed by atoms with Crippen molar-refractivity contribution < 1.29 is 18.7 Å². The van der Waals surface area contributed by atoms with E-state index in [9.17, 15) is 9.59 Å². The van der Waals surface area contributed by atoms with Gasteiger partial charge in [-0.15, -0.1) is 0 Å². The minimum atomic E-state index is -0.311. The van der Waals surface area contributed by atoms with Crippen LogP contribution in [0.3, 0.4) is 0 Å². The molecule has 1 aliphatic rings. The molecule has 1 aromatic heterocycles. The number of hydrogen-bond acceptors (Lipinski definition) is 4.